The normalized spacial score (nSPS) is 19.9. The molecular formula is C13H22F2. The Morgan fingerprint density at radius 1 is 1.00 bits per heavy atom. The predicted octanol–water partition coefficient (Wildman–Crippen LogP) is 4.64. The zero-order valence-corrected chi connectivity index (χ0v) is 10.3. The third-order valence-electron chi connectivity index (χ3n) is 1.56. The van der Waals surface area contributed by atoms with Gasteiger partial charge in [-0.25, -0.2) is 0 Å². The topological polar surface area (TPSA) is 0 Å². The molecule has 0 fully saturated rings. The van der Waals surface area contributed by atoms with E-state index in [1.54, 1.807) is 0 Å². The zero-order valence-electron chi connectivity index (χ0n) is 10.3. The van der Waals surface area contributed by atoms with Crippen molar-refractivity contribution in [3.05, 3.63) is 0 Å². The molecule has 88 valence electrons. The molecule has 0 amide bonds. The van der Waals surface area contributed by atoms with Crippen LogP contribution in [0.15, 0.2) is 0 Å². The summed E-state index contributed by atoms with van der Waals surface area (Å²) in [6.07, 6.45) is 3.06. The van der Waals surface area contributed by atoms with E-state index in [4.69, 9.17) is 0 Å². The largest absolute Gasteiger partial charge is 0.308 e. The van der Waals surface area contributed by atoms with Gasteiger partial charge in [0.1, 0.15) is 0 Å². The Morgan fingerprint density at radius 2 is 1.53 bits per heavy atom. The van der Waals surface area contributed by atoms with Gasteiger partial charge in [-0.05, 0) is 24.2 Å². The first-order chi connectivity index (χ1) is 6.71. The van der Waals surface area contributed by atoms with Crippen molar-refractivity contribution in [2.45, 2.75) is 65.7 Å². The van der Waals surface area contributed by atoms with Crippen molar-refractivity contribution in [3.63, 3.8) is 0 Å². The van der Waals surface area contributed by atoms with Crippen LogP contribution in [0.25, 0.3) is 0 Å². The van der Waals surface area contributed by atoms with Crippen molar-refractivity contribution in [3.8, 4) is 11.8 Å². The number of halogens is 2. The Bertz CT molecular complexity index is 219. The summed E-state index contributed by atoms with van der Waals surface area (Å²) in [6, 6.07) is 0. The molecule has 0 saturated carbocycles. The van der Waals surface area contributed by atoms with Gasteiger partial charge in [0, 0.05) is 12.8 Å². The lowest BCUT2D eigenvalue weighted by Crippen LogP contribution is -2.13. The van der Waals surface area contributed by atoms with Gasteiger partial charge in [-0.15, -0.1) is 0 Å². The zero-order chi connectivity index (χ0) is 11.9. The molecule has 0 N–H and O–H groups in total. The third-order valence-corrected chi connectivity index (χ3v) is 1.56. The van der Waals surface area contributed by atoms with Crippen LogP contribution in [0.1, 0.15) is 59.8 Å². The minimum atomic E-state index is -2.71. The molecule has 0 radical (unpaired) electrons. The summed E-state index contributed by atoms with van der Waals surface area (Å²) < 4.78 is 24.9. The molecule has 0 atom stereocenters. The molecule has 0 aromatic heterocycles. The third kappa shape index (κ3) is 13.4. The number of rotatable bonds is 0. The monoisotopic (exact) mass is 216 g/mol. The molecule has 0 bridgehead atoms. The van der Waals surface area contributed by atoms with E-state index in [1.807, 2.05) is 5.92 Å². The van der Waals surface area contributed by atoms with Crippen LogP contribution in [-0.2, 0) is 0 Å². The fourth-order valence-electron chi connectivity index (χ4n) is 0.991. The number of hydrogen-bond donors (Lipinski definition) is 0. The van der Waals surface area contributed by atoms with Crippen LogP contribution in [0, 0.1) is 17.3 Å². The van der Waals surface area contributed by atoms with Gasteiger partial charge in [0.25, 0.3) is 0 Å². The van der Waals surface area contributed by atoms with Crippen LogP contribution < -0.4 is 0 Å². The number of hydrogen-bond acceptors (Lipinski definition) is 0. The van der Waals surface area contributed by atoms with Crippen molar-refractivity contribution >= 4 is 0 Å². The molecule has 2 heteroatoms. The number of alkyl halides is 2. The Balaban J connectivity index is 0.000000336. The molecule has 0 heterocycles. The quantitative estimate of drug-likeness (QED) is 0.517. The molecule has 1 aliphatic rings. The molecule has 15 heavy (non-hydrogen) atoms. The van der Waals surface area contributed by atoms with E-state index in [0.29, 0.717) is 18.3 Å². The molecular weight excluding hydrogens is 194 g/mol. The maximum absolute atomic E-state index is 12.5. The van der Waals surface area contributed by atoms with Crippen LogP contribution in [0.4, 0.5) is 8.78 Å². The van der Waals surface area contributed by atoms with Crippen LogP contribution in [-0.4, -0.2) is 5.92 Å². The molecule has 0 aliphatic heterocycles. The van der Waals surface area contributed by atoms with Gasteiger partial charge in [-0.1, -0.05) is 40.0 Å². The Hall–Kier alpha value is -0.580. The van der Waals surface area contributed by atoms with Crippen molar-refractivity contribution < 1.29 is 8.78 Å². The van der Waals surface area contributed by atoms with Gasteiger partial charge in [0.05, 0.1) is 0 Å². The molecule has 0 nitrogen and oxygen atoms in total. The standard InChI is InChI=1S/C8H10F2.C5H12/c9-8(10)6-4-2-1-3-5-7-8;1-5(2,3)4/h1-4,6H2;1-4H3. The summed E-state index contributed by atoms with van der Waals surface area (Å²) in [5.41, 5.74) is 0.500. The van der Waals surface area contributed by atoms with E-state index < -0.39 is 5.92 Å². The Morgan fingerprint density at radius 3 is 2.07 bits per heavy atom. The maximum Gasteiger partial charge on any atom is 0.308 e. The first-order valence-electron chi connectivity index (χ1n) is 5.59. The lowest BCUT2D eigenvalue weighted by molar-refractivity contribution is 0.0529. The predicted molar refractivity (Wildman–Crippen MR) is 60.9 cm³/mol. The smallest absolute Gasteiger partial charge is 0.192 e. The molecule has 0 aromatic rings. The van der Waals surface area contributed by atoms with Crippen molar-refractivity contribution in [2.24, 2.45) is 5.41 Å². The van der Waals surface area contributed by atoms with E-state index >= 15 is 0 Å². The second-order valence-electron chi connectivity index (χ2n) is 5.57. The summed E-state index contributed by atoms with van der Waals surface area (Å²) in [6.45, 7) is 8.75. The van der Waals surface area contributed by atoms with Crippen molar-refractivity contribution in [1.82, 2.24) is 0 Å². The highest BCUT2D eigenvalue weighted by Crippen LogP contribution is 2.22. The first-order valence-corrected chi connectivity index (χ1v) is 5.59. The molecule has 0 saturated heterocycles. The van der Waals surface area contributed by atoms with Crippen molar-refractivity contribution in [2.75, 3.05) is 0 Å². The van der Waals surface area contributed by atoms with Crippen LogP contribution in [0.3, 0.4) is 0 Å². The molecule has 0 aromatic carbocycles. The van der Waals surface area contributed by atoms with Gasteiger partial charge < -0.3 is 0 Å². The summed E-state index contributed by atoms with van der Waals surface area (Å²) in [7, 11) is 0. The summed E-state index contributed by atoms with van der Waals surface area (Å²) in [5, 5.41) is 0. The van der Waals surface area contributed by atoms with E-state index in [2.05, 4.69) is 33.6 Å². The lowest BCUT2D eigenvalue weighted by Gasteiger charge is -2.09. The molecule has 0 spiro atoms. The Labute approximate surface area is 92.4 Å². The minimum absolute atomic E-state index is 0.0556. The Kier molecular flexibility index (Phi) is 5.87. The minimum Gasteiger partial charge on any atom is -0.192 e. The molecule has 1 rings (SSSR count). The van der Waals surface area contributed by atoms with E-state index in [1.165, 1.54) is 0 Å². The SMILES string of the molecule is CC(C)(C)C.FC1(F)C#CCCCCC1. The van der Waals surface area contributed by atoms with Crippen LogP contribution >= 0.6 is 0 Å². The van der Waals surface area contributed by atoms with E-state index in [9.17, 15) is 8.78 Å². The molecule has 0 unspecified atom stereocenters. The first kappa shape index (κ1) is 14.4. The van der Waals surface area contributed by atoms with Gasteiger partial charge >= 0.3 is 5.92 Å². The second kappa shape index (κ2) is 6.10. The summed E-state index contributed by atoms with van der Waals surface area (Å²) in [4.78, 5) is 0. The average Bonchev–Trinajstić information content (AvgIpc) is 1.95. The highest BCUT2D eigenvalue weighted by molar-refractivity contribution is 5.09. The summed E-state index contributed by atoms with van der Waals surface area (Å²) in [5.74, 6) is 1.75. The second-order valence-corrected chi connectivity index (χ2v) is 5.57. The fraction of sp³-hybridized carbons (Fsp3) is 0.846. The highest BCUT2D eigenvalue weighted by atomic mass is 19.3. The van der Waals surface area contributed by atoms with Gasteiger partial charge in [-0.2, -0.15) is 8.78 Å². The van der Waals surface area contributed by atoms with Gasteiger partial charge in [0.15, 0.2) is 0 Å². The summed E-state index contributed by atoms with van der Waals surface area (Å²) >= 11 is 0. The van der Waals surface area contributed by atoms with Crippen LogP contribution in [0.5, 0.6) is 0 Å². The fourth-order valence-corrected chi connectivity index (χ4v) is 0.991. The van der Waals surface area contributed by atoms with Crippen LogP contribution in [0.2, 0.25) is 0 Å². The average molecular weight is 216 g/mol. The van der Waals surface area contributed by atoms with Gasteiger partial charge in [-0.3, -0.25) is 0 Å². The molecule has 1 aliphatic carbocycles. The van der Waals surface area contributed by atoms with Crippen molar-refractivity contribution in [1.29, 1.82) is 0 Å². The lowest BCUT2D eigenvalue weighted by atomic mass is 10.0. The van der Waals surface area contributed by atoms with E-state index in [-0.39, 0.29) is 6.42 Å². The van der Waals surface area contributed by atoms with E-state index in [0.717, 1.165) is 12.8 Å². The highest BCUT2D eigenvalue weighted by Gasteiger charge is 2.25. The van der Waals surface area contributed by atoms with Gasteiger partial charge in [0.2, 0.25) is 0 Å². The maximum atomic E-state index is 12.5.